The minimum atomic E-state index is -0.838. The highest BCUT2D eigenvalue weighted by molar-refractivity contribution is 6.30. The van der Waals surface area contributed by atoms with E-state index in [2.05, 4.69) is 6.07 Å². The molecule has 1 aliphatic rings. The summed E-state index contributed by atoms with van der Waals surface area (Å²) in [6.45, 7) is 2.54. The number of rotatable bonds is 1. The molecule has 106 valence electrons. The molecule has 6 heteroatoms. The van der Waals surface area contributed by atoms with Crippen molar-refractivity contribution in [2.45, 2.75) is 19.8 Å². The van der Waals surface area contributed by atoms with E-state index in [9.17, 15) is 13.6 Å². The van der Waals surface area contributed by atoms with Gasteiger partial charge in [-0.25, -0.2) is 8.78 Å². The Kier molecular flexibility index (Phi) is 3.96. The third-order valence-corrected chi connectivity index (χ3v) is 3.95. The summed E-state index contributed by atoms with van der Waals surface area (Å²) in [5, 5.41) is 8.67. The maximum Gasteiger partial charge on any atom is 0.256 e. The average Bonchev–Trinajstić information content (AvgIpc) is 2.43. The highest BCUT2D eigenvalue weighted by Crippen LogP contribution is 2.31. The van der Waals surface area contributed by atoms with Crippen LogP contribution in [0.25, 0.3) is 0 Å². The Hall–Kier alpha value is -1.67. The van der Waals surface area contributed by atoms with Gasteiger partial charge < -0.3 is 4.90 Å². The molecule has 2 rings (SSSR count). The molecule has 1 aliphatic heterocycles. The summed E-state index contributed by atoms with van der Waals surface area (Å²) in [4.78, 5) is 13.6. The normalized spacial score (nSPS) is 17.6. The van der Waals surface area contributed by atoms with Crippen molar-refractivity contribution in [1.29, 1.82) is 5.26 Å². The summed E-state index contributed by atoms with van der Waals surface area (Å²) >= 11 is 5.46. The first-order valence-electron chi connectivity index (χ1n) is 6.21. The predicted octanol–water partition coefficient (Wildman–Crippen LogP) is 3.38. The lowest BCUT2D eigenvalue weighted by molar-refractivity contribution is 0.0656. The second-order valence-electron chi connectivity index (χ2n) is 5.21. The van der Waals surface area contributed by atoms with Crippen molar-refractivity contribution in [1.82, 2.24) is 4.90 Å². The van der Waals surface area contributed by atoms with Gasteiger partial charge in [0, 0.05) is 13.1 Å². The first kappa shape index (κ1) is 14.7. The second-order valence-corrected chi connectivity index (χ2v) is 5.62. The smallest absolute Gasteiger partial charge is 0.256 e. The molecule has 0 bridgehead atoms. The van der Waals surface area contributed by atoms with Gasteiger partial charge in [0.2, 0.25) is 0 Å². The van der Waals surface area contributed by atoms with Crippen LogP contribution in [0.3, 0.4) is 0 Å². The molecule has 1 saturated heterocycles. The highest BCUT2D eigenvalue weighted by Gasteiger charge is 2.33. The van der Waals surface area contributed by atoms with Crippen LogP contribution in [0.1, 0.15) is 30.1 Å². The molecule has 3 nitrogen and oxygen atoms in total. The molecule has 0 unspecified atom stereocenters. The quantitative estimate of drug-likeness (QED) is 0.746. The Morgan fingerprint density at radius 2 is 1.95 bits per heavy atom. The highest BCUT2D eigenvalue weighted by atomic mass is 35.5. The van der Waals surface area contributed by atoms with Crippen LogP contribution in [0.4, 0.5) is 8.78 Å². The van der Waals surface area contributed by atoms with Crippen LogP contribution in [-0.2, 0) is 0 Å². The van der Waals surface area contributed by atoms with Crippen molar-refractivity contribution in [2.75, 3.05) is 13.1 Å². The number of likely N-dealkylation sites (tertiary alicyclic amines) is 1. The number of amides is 1. The zero-order chi connectivity index (χ0) is 14.9. The summed E-state index contributed by atoms with van der Waals surface area (Å²) in [5.74, 6) is -2.23. The maximum absolute atomic E-state index is 13.7. The van der Waals surface area contributed by atoms with E-state index in [4.69, 9.17) is 16.9 Å². The Morgan fingerprint density at radius 3 is 2.50 bits per heavy atom. The van der Waals surface area contributed by atoms with Crippen molar-refractivity contribution in [3.05, 3.63) is 34.4 Å². The number of nitriles is 1. The van der Waals surface area contributed by atoms with Crippen molar-refractivity contribution < 1.29 is 13.6 Å². The topological polar surface area (TPSA) is 44.1 Å². The molecule has 0 N–H and O–H groups in total. The zero-order valence-electron chi connectivity index (χ0n) is 10.9. The fourth-order valence-corrected chi connectivity index (χ4v) is 2.32. The van der Waals surface area contributed by atoms with Gasteiger partial charge in [-0.15, -0.1) is 0 Å². The lowest BCUT2D eigenvalue weighted by Gasteiger charge is -2.35. The van der Waals surface area contributed by atoms with Gasteiger partial charge >= 0.3 is 0 Å². The Bertz CT molecular complexity index is 590. The van der Waals surface area contributed by atoms with Crippen molar-refractivity contribution in [3.63, 3.8) is 0 Å². The molecule has 0 aliphatic carbocycles. The molecule has 0 radical (unpaired) electrons. The van der Waals surface area contributed by atoms with E-state index in [1.165, 1.54) is 4.90 Å². The third-order valence-electron chi connectivity index (χ3n) is 3.66. The first-order chi connectivity index (χ1) is 9.36. The molecule has 0 aromatic heterocycles. The second kappa shape index (κ2) is 5.37. The van der Waals surface area contributed by atoms with Crippen LogP contribution in [0.2, 0.25) is 5.02 Å². The van der Waals surface area contributed by atoms with Crippen LogP contribution in [0.15, 0.2) is 12.1 Å². The van der Waals surface area contributed by atoms with Crippen molar-refractivity contribution >= 4 is 17.5 Å². The molecule has 1 aromatic carbocycles. The molecule has 1 fully saturated rings. The molecular formula is C14H13ClF2N2O. The van der Waals surface area contributed by atoms with Crippen LogP contribution < -0.4 is 0 Å². The van der Waals surface area contributed by atoms with E-state index in [1.54, 1.807) is 0 Å². The summed E-state index contributed by atoms with van der Waals surface area (Å²) in [6.07, 6.45) is 1.04. The van der Waals surface area contributed by atoms with Gasteiger partial charge in [-0.2, -0.15) is 5.26 Å². The Balaban J connectivity index is 2.18. The van der Waals surface area contributed by atoms with E-state index < -0.39 is 23.0 Å². The Morgan fingerprint density at radius 1 is 1.35 bits per heavy atom. The number of piperidine rings is 1. The largest absolute Gasteiger partial charge is 0.338 e. The number of nitrogens with zero attached hydrogens (tertiary/aromatic N) is 2. The molecule has 1 amide bonds. The first-order valence-corrected chi connectivity index (χ1v) is 6.59. The molecule has 0 spiro atoms. The summed E-state index contributed by atoms with van der Waals surface area (Å²) in [5.41, 5.74) is -0.784. The van der Waals surface area contributed by atoms with Crippen molar-refractivity contribution in [3.8, 4) is 6.07 Å². The monoisotopic (exact) mass is 298 g/mol. The number of hydrogen-bond donors (Lipinski definition) is 0. The fraction of sp³-hybridized carbons (Fsp3) is 0.429. The number of benzene rings is 1. The number of hydrogen-bond acceptors (Lipinski definition) is 2. The van der Waals surface area contributed by atoms with Gasteiger partial charge in [0.1, 0.15) is 11.6 Å². The number of halogens is 3. The lowest BCUT2D eigenvalue weighted by Crippen LogP contribution is -2.42. The van der Waals surface area contributed by atoms with E-state index in [0.717, 1.165) is 12.1 Å². The SMILES string of the molecule is CC1(C#N)CCN(C(=O)c2cc(F)c(Cl)cc2F)CC1. The summed E-state index contributed by atoms with van der Waals surface area (Å²) in [6, 6.07) is 3.83. The van der Waals surface area contributed by atoms with Gasteiger partial charge in [-0.1, -0.05) is 11.6 Å². The van der Waals surface area contributed by atoms with Gasteiger partial charge in [0.05, 0.1) is 22.1 Å². The maximum atomic E-state index is 13.7. The summed E-state index contributed by atoms with van der Waals surface area (Å²) < 4.78 is 27.1. The molecule has 1 aromatic rings. The van der Waals surface area contributed by atoms with Crippen molar-refractivity contribution in [2.24, 2.45) is 5.41 Å². The standard InChI is InChI=1S/C14H13ClF2N2O/c1-14(8-18)2-4-19(5-3-14)13(20)9-6-12(17)10(15)7-11(9)16/h6-7H,2-5H2,1H3. The van der Waals surface area contributed by atoms with Gasteiger partial charge in [-0.05, 0) is 31.9 Å². The number of carbonyl (C=O) groups excluding carboxylic acids is 1. The van der Waals surface area contributed by atoms with E-state index in [0.29, 0.717) is 25.9 Å². The van der Waals surface area contributed by atoms with E-state index >= 15 is 0 Å². The number of carbonyl (C=O) groups is 1. The molecule has 20 heavy (non-hydrogen) atoms. The lowest BCUT2D eigenvalue weighted by atomic mass is 9.82. The summed E-state index contributed by atoms with van der Waals surface area (Å²) in [7, 11) is 0. The van der Waals surface area contributed by atoms with Gasteiger partial charge in [0.15, 0.2) is 0 Å². The van der Waals surface area contributed by atoms with Crippen LogP contribution in [0.5, 0.6) is 0 Å². The van der Waals surface area contributed by atoms with Gasteiger partial charge in [-0.3, -0.25) is 4.79 Å². The van der Waals surface area contributed by atoms with E-state index in [-0.39, 0.29) is 10.6 Å². The average molecular weight is 299 g/mol. The molecule has 1 heterocycles. The zero-order valence-corrected chi connectivity index (χ0v) is 11.7. The van der Waals surface area contributed by atoms with Gasteiger partial charge in [0.25, 0.3) is 5.91 Å². The predicted molar refractivity (Wildman–Crippen MR) is 70.2 cm³/mol. The Labute approximate surface area is 120 Å². The van der Waals surface area contributed by atoms with Crippen LogP contribution in [0, 0.1) is 28.4 Å². The third kappa shape index (κ3) is 2.75. The molecule has 0 saturated carbocycles. The van der Waals surface area contributed by atoms with E-state index in [1.807, 2.05) is 6.92 Å². The fourth-order valence-electron chi connectivity index (χ4n) is 2.17. The molecule has 0 atom stereocenters. The minimum absolute atomic E-state index is 0.326. The van der Waals surface area contributed by atoms with Crippen LogP contribution in [-0.4, -0.2) is 23.9 Å². The minimum Gasteiger partial charge on any atom is -0.338 e. The van der Waals surface area contributed by atoms with Crippen LogP contribution >= 0.6 is 11.6 Å². The molecular weight excluding hydrogens is 286 g/mol.